The predicted octanol–water partition coefficient (Wildman–Crippen LogP) is 3.65. The van der Waals surface area contributed by atoms with Gasteiger partial charge < -0.3 is 5.32 Å². The quantitative estimate of drug-likeness (QED) is 0.482. The fraction of sp³-hybridized carbons (Fsp3) is 0.250. The van der Waals surface area contributed by atoms with Crippen LogP contribution in [0.25, 0.3) is 0 Å². The number of benzene rings is 2. The molecule has 0 saturated carbocycles. The number of para-hydroxylation sites is 1. The smallest absolute Gasteiger partial charge is 0.272 e. The predicted molar refractivity (Wildman–Crippen MR) is 86.7 cm³/mol. The highest BCUT2D eigenvalue weighted by molar-refractivity contribution is 7.99. The zero-order valence-corrected chi connectivity index (χ0v) is 12.7. The van der Waals surface area contributed by atoms with Gasteiger partial charge in [-0.2, -0.15) is 0 Å². The average Bonchev–Trinajstić information content (AvgIpc) is 2.50. The van der Waals surface area contributed by atoms with Crippen LogP contribution in [0, 0.1) is 10.1 Å². The monoisotopic (exact) mass is 302 g/mol. The molecule has 0 saturated heterocycles. The molecule has 2 aromatic rings. The van der Waals surface area contributed by atoms with Crippen molar-refractivity contribution in [2.75, 3.05) is 12.8 Å². The summed E-state index contributed by atoms with van der Waals surface area (Å²) in [5.41, 5.74) is 2.25. The highest BCUT2D eigenvalue weighted by Gasteiger charge is 2.11. The second-order valence-corrected chi connectivity index (χ2v) is 5.83. The summed E-state index contributed by atoms with van der Waals surface area (Å²) in [5.74, 6) is 0.830. The van der Waals surface area contributed by atoms with E-state index in [0.29, 0.717) is 6.42 Å². The zero-order valence-electron chi connectivity index (χ0n) is 11.9. The number of hydrogen-bond acceptors (Lipinski definition) is 4. The van der Waals surface area contributed by atoms with Crippen LogP contribution in [0.1, 0.15) is 11.1 Å². The lowest BCUT2D eigenvalue weighted by Crippen LogP contribution is -2.04. The number of rotatable bonds is 7. The molecular weight excluding hydrogens is 284 g/mol. The first-order valence-electron chi connectivity index (χ1n) is 6.79. The minimum absolute atomic E-state index is 0.211. The van der Waals surface area contributed by atoms with Gasteiger partial charge in [-0.05, 0) is 31.2 Å². The Bertz CT molecular complexity index is 599. The molecule has 0 spiro atoms. The third kappa shape index (κ3) is 4.58. The summed E-state index contributed by atoms with van der Waals surface area (Å²) in [4.78, 5) is 11.8. The van der Waals surface area contributed by atoms with E-state index in [2.05, 4.69) is 29.6 Å². The van der Waals surface area contributed by atoms with Gasteiger partial charge in [0.1, 0.15) is 0 Å². The molecule has 110 valence electrons. The first kappa shape index (κ1) is 15.5. The third-order valence-electron chi connectivity index (χ3n) is 3.13. The van der Waals surface area contributed by atoms with Crippen LogP contribution in [-0.2, 0) is 13.0 Å². The van der Waals surface area contributed by atoms with E-state index in [9.17, 15) is 10.1 Å². The molecule has 0 aromatic heterocycles. The van der Waals surface area contributed by atoms with E-state index < -0.39 is 0 Å². The van der Waals surface area contributed by atoms with E-state index in [1.54, 1.807) is 23.9 Å². The summed E-state index contributed by atoms with van der Waals surface area (Å²) in [6.07, 6.45) is 0.695. The molecule has 0 fully saturated rings. The zero-order chi connectivity index (χ0) is 15.1. The molecule has 0 aliphatic rings. The highest BCUT2D eigenvalue weighted by atomic mass is 32.2. The van der Waals surface area contributed by atoms with Crippen LogP contribution in [0.3, 0.4) is 0 Å². The molecule has 5 heteroatoms. The Hall–Kier alpha value is -1.85. The number of nitro benzene ring substituents is 1. The maximum absolute atomic E-state index is 10.9. The van der Waals surface area contributed by atoms with Crippen molar-refractivity contribution in [2.45, 2.75) is 17.9 Å². The Morgan fingerprint density at radius 2 is 1.86 bits per heavy atom. The first-order valence-corrected chi connectivity index (χ1v) is 7.78. The number of thioether (sulfide) groups is 1. The van der Waals surface area contributed by atoms with Gasteiger partial charge in [0.15, 0.2) is 0 Å². The number of aryl methyl sites for hydroxylation is 1. The van der Waals surface area contributed by atoms with E-state index in [0.717, 1.165) is 17.9 Å². The standard InChI is InChI=1S/C16H18N2O2S/c1-17-12-13-6-8-15(9-7-13)21-11-10-14-4-2-3-5-16(14)18(19)20/h2-9,17H,10-12H2,1H3. The van der Waals surface area contributed by atoms with E-state index in [1.807, 2.05) is 19.2 Å². The minimum Gasteiger partial charge on any atom is -0.316 e. The van der Waals surface area contributed by atoms with Gasteiger partial charge in [-0.15, -0.1) is 11.8 Å². The topological polar surface area (TPSA) is 55.2 Å². The Morgan fingerprint density at radius 3 is 2.52 bits per heavy atom. The third-order valence-corrected chi connectivity index (χ3v) is 4.15. The van der Waals surface area contributed by atoms with Gasteiger partial charge >= 0.3 is 0 Å². The Kier molecular flexibility index (Phi) is 5.78. The van der Waals surface area contributed by atoms with Crippen molar-refractivity contribution in [3.05, 3.63) is 69.8 Å². The van der Waals surface area contributed by atoms with Crippen LogP contribution in [0.15, 0.2) is 53.4 Å². The van der Waals surface area contributed by atoms with Crippen molar-refractivity contribution < 1.29 is 4.92 Å². The van der Waals surface area contributed by atoms with Gasteiger partial charge in [0, 0.05) is 28.8 Å². The van der Waals surface area contributed by atoms with Crippen molar-refractivity contribution in [2.24, 2.45) is 0 Å². The van der Waals surface area contributed by atoms with Crippen LogP contribution in [0.5, 0.6) is 0 Å². The summed E-state index contributed by atoms with van der Waals surface area (Å²) < 4.78 is 0. The molecule has 0 atom stereocenters. The van der Waals surface area contributed by atoms with Gasteiger partial charge in [-0.25, -0.2) is 0 Å². The summed E-state index contributed by atoms with van der Waals surface area (Å²) >= 11 is 1.72. The first-order chi connectivity index (χ1) is 10.2. The van der Waals surface area contributed by atoms with Gasteiger partial charge in [0.25, 0.3) is 5.69 Å². The number of hydrogen-bond donors (Lipinski definition) is 1. The van der Waals surface area contributed by atoms with Gasteiger partial charge in [0.05, 0.1) is 4.92 Å². The molecule has 0 radical (unpaired) electrons. The molecule has 2 aromatic carbocycles. The highest BCUT2D eigenvalue weighted by Crippen LogP contribution is 2.23. The van der Waals surface area contributed by atoms with E-state index in [1.165, 1.54) is 10.5 Å². The minimum atomic E-state index is -0.313. The molecule has 0 aliphatic carbocycles. The van der Waals surface area contributed by atoms with Crippen molar-refractivity contribution in [1.29, 1.82) is 0 Å². The van der Waals surface area contributed by atoms with E-state index in [-0.39, 0.29) is 10.6 Å². The van der Waals surface area contributed by atoms with E-state index in [4.69, 9.17) is 0 Å². The Labute approximate surface area is 128 Å². The molecule has 4 nitrogen and oxygen atoms in total. The summed E-state index contributed by atoms with van der Waals surface area (Å²) in [5, 5.41) is 14.1. The molecule has 0 bridgehead atoms. The Morgan fingerprint density at radius 1 is 1.14 bits per heavy atom. The fourth-order valence-electron chi connectivity index (χ4n) is 2.09. The van der Waals surface area contributed by atoms with Gasteiger partial charge in [0.2, 0.25) is 0 Å². The number of nitro groups is 1. The van der Waals surface area contributed by atoms with Crippen molar-refractivity contribution in [3.63, 3.8) is 0 Å². The maximum Gasteiger partial charge on any atom is 0.272 e. The number of nitrogens with zero attached hydrogens (tertiary/aromatic N) is 1. The second kappa shape index (κ2) is 7.81. The molecule has 1 N–H and O–H groups in total. The van der Waals surface area contributed by atoms with Crippen molar-refractivity contribution in [1.82, 2.24) is 5.32 Å². The summed E-state index contributed by atoms with van der Waals surface area (Å²) in [6, 6.07) is 15.3. The van der Waals surface area contributed by atoms with Gasteiger partial charge in [-0.3, -0.25) is 10.1 Å². The molecule has 0 unspecified atom stereocenters. The lowest BCUT2D eigenvalue weighted by molar-refractivity contribution is -0.385. The van der Waals surface area contributed by atoms with Crippen LogP contribution < -0.4 is 5.32 Å². The summed E-state index contributed by atoms with van der Waals surface area (Å²) in [6.45, 7) is 0.862. The van der Waals surface area contributed by atoms with Crippen LogP contribution in [-0.4, -0.2) is 17.7 Å². The number of nitrogens with one attached hydrogen (secondary N) is 1. The molecular formula is C16H18N2O2S. The van der Waals surface area contributed by atoms with Gasteiger partial charge in [-0.1, -0.05) is 30.3 Å². The molecule has 0 heterocycles. The maximum atomic E-state index is 10.9. The SMILES string of the molecule is CNCc1ccc(SCCc2ccccc2[N+](=O)[O-])cc1. The largest absolute Gasteiger partial charge is 0.316 e. The van der Waals surface area contributed by atoms with Crippen LogP contribution >= 0.6 is 11.8 Å². The molecule has 0 aliphatic heterocycles. The lowest BCUT2D eigenvalue weighted by atomic mass is 10.1. The fourth-order valence-corrected chi connectivity index (χ4v) is 2.97. The normalized spacial score (nSPS) is 10.5. The van der Waals surface area contributed by atoms with Crippen LogP contribution in [0.4, 0.5) is 5.69 Å². The molecule has 21 heavy (non-hydrogen) atoms. The lowest BCUT2D eigenvalue weighted by Gasteiger charge is -2.05. The second-order valence-electron chi connectivity index (χ2n) is 4.66. The summed E-state index contributed by atoms with van der Waals surface area (Å²) in [7, 11) is 1.93. The van der Waals surface area contributed by atoms with Crippen LogP contribution in [0.2, 0.25) is 0 Å². The molecule has 0 amide bonds. The van der Waals surface area contributed by atoms with Crippen molar-refractivity contribution in [3.8, 4) is 0 Å². The molecule has 2 rings (SSSR count). The van der Waals surface area contributed by atoms with Crippen molar-refractivity contribution >= 4 is 17.4 Å². The Balaban J connectivity index is 1.91. The average molecular weight is 302 g/mol. The van der Waals surface area contributed by atoms with E-state index >= 15 is 0 Å².